The third kappa shape index (κ3) is 3.20. The number of amides is 1. The second-order valence-corrected chi connectivity index (χ2v) is 4.61. The van der Waals surface area contributed by atoms with Crippen molar-refractivity contribution < 1.29 is 9.21 Å². The molecule has 2 aromatic rings. The zero-order valence-electron chi connectivity index (χ0n) is 11.8. The fourth-order valence-electron chi connectivity index (χ4n) is 1.99. The van der Waals surface area contributed by atoms with E-state index in [1.54, 1.807) is 18.5 Å². The molecule has 0 aliphatic carbocycles. The number of nitrogens with zero attached hydrogens (tertiary/aromatic N) is 2. The summed E-state index contributed by atoms with van der Waals surface area (Å²) in [6.07, 6.45) is 5.18. The topological polar surface area (TPSA) is 86.1 Å². The molecule has 3 N–H and O–H groups in total. The predicted octanol–water partition coefficient (Wildman–Crippen LogP) is 1.96. The van der Waals surface area contributed by atoms with Gasteiger partial charge in [0.15, 0.2) is 0 Å². The molecule has 108 valence electrons. The van der Waals surface area contributed by atoms with Gasteiger partial charge in [0.05, 0.1) is 18.4 Å². The maximum Gasteiger partial charge on any atom is 0.268 e. The molecular formula is C14H20N4O2. The molecule has 0 bridgehead atoms. The van der Waals surface area contributed by atoms with Gasteiger partial charge in [0.25, 0.3) is 5.91 Å². The van der Waals surface area contributed by atoms with Crippen molar-refractivity contribution in [3.8, 4) is 0 Å². The van der Waals surface area contributed by atoms with Gasteiger partial charge in [-0.2, -0.15) is 0 Å². The number of aromatic nitrogens is 2. The molecule has 1 amide bonds. The van der Waals surface area contributed by atoms with Gasteiger partial charge >= 0.3 is 0 Å². The molecule has 0 aliphatic rings. The summed E-state index contributed by atoms with van der Waals surface area (Å²) < 4.78 is 7.30. The zero-order chi connectivity index (χ0) is 14.5. The van der Waals surface area contributed by atoms with E-state index in [0.717, 1.165) is 25.1 Å². The van der Waals surface area contributed by atoms with Gasteiger partial charge in [-0.05, 0) is 12.5 Å². The summed E-state index contributed by atoms with van der Waals surface area (Å²) in [7, 11) is 0. The standard InChI is InChI=1S/C14H20N4O2/c1-3-5-18-9-10(15)6-12(18)14(19)17-8-13-16-7-11(4-2)20-13/h6-7,9H,3-5,8,15H2,1-2H3,(H,17,19). The Morgan fingerprint density at radius 3 is 2.95 bits per heavy atom. The Balaban J connectivity index is 2.01. The van der Waals surface area contributed by atoms with E-state index in [4.69, 9.17) is 10.2 Å². The van der Waals surface area contributed by atoms with E-state index in [1.165, 1.54) is 0 Å². The molecule has 0 radical (unpaired) electrons. The van der Waals surface area contributed by atoms with Gasteiger partial charge in [-0.3, -0.25) is 4.79 Å². The average molecular weight is 276 g/mol. The smallest absolute Gasteiger partial charge is 0.268 e. The number of carbonyl (C=O) groups is 1. The normalized spacial score (nSPS) is 10.7. The summed E-state index contributed by atoms with van der Waals surface area (Å²) in [6, 6.07) is 1.68. The van der Waals surface area contributed by atoms with Crippen molar-refractivity contribution >= 4 is 11.6 Å². The fourth-order valence-corrected chi connectivity index (χ4v) is 1.99. The van der Waals surface area contributed by atoms with E-state index < -0.39 is 0 Å². The summed E-state index contributed by atoms with van der Waals surface area (Å²) >= 11 is 0. The second-order valence-electron chi connectivity index (χ2n) is 4.61. The van der Waals surface area contributed by atoms with Gasteiger partial charge in [0, 0.05) is 19.2 Å². The van der Waals surface area contributed by atoms with E-state index >= 15 is 0 Å². The van der Waals surface area contributed by atoms with Crippen LogP contribution < -0.4 is 11.1 Å². The third-order valence-corrected chi connectivity index (χ3v) is 2.96. The number of aryl methyl sites for hydroxylation is 2. The Kier molecular flexibility index (Phi) is 4.45. The SMILES string of the molecule is CCCn1cc(N)cc1C(=O)NCc1ncc(CC)o1. The van der Waals surface area contributed by atoms with Crippen molar-refractivity contribution in [2.45, 2.75) is 39.8 Å². The van der Waals surface area contributed by atoms with Gasteiger partial charge in [0.2, 0.25) is 5.89 Å². The molecule has 2 rings (SSSR count). The minimum Gasteiger partial charge on any atom is -0.444 e. The Morgan fingerprint density at radius 1 is 1.50 bits per heavy atom. The molecule has 0 atom stereocenters. The van der Waals surface area contributed by atoms with E-state index in [2.05, 4.69) is 17.2 Å². The lowest BCUT2D eigenvalue weighted by molar-refractivity contribution is 0.0937. The van der Waals surface area contributed by atoms with Crippen LogP contribution in [0.25, 0.3) is 0 Å². The number of hydrogen-bond acceptors (Lipinski definition) is 4. The molecule has 6 heteroatoms. The van der Waals surface area contributed by atoms with Gasteiger partial charge in [-0.1, -0.05) is 13.8 Å². The van der Waals surface area contributed by atoms with Gasteiger partial charge in [-0.15, -0.1) is 0 Å². The van der Waals surface area contributed by atoms with E-state index in [9.17, 15) is 4.79 Å². The van der Waals surface area contributed by atoms with Crippen molar-refractivity contribution in [1.29, 1.82) is 0 Å². The molecule has 6 nitrogen and oxygen atoms in total. The summed E-state index contributed by atoms with van der Waals surface area (Å²) in [4.78, 5) is 16.3. The first-order valence-corrected chi connectivity index (χ1v) is 6.81. The van der Waals surface area contributed by atoms with Crippen LogP contribution in [0.1, 0.15) is 42.4 Å². The summed E-state index contributed by atoms with van der Waals surface area (Å²) in [5.74, 6) is 1.15. The largest absolute Gasteiger partial charge is 0.444 e. The monoisotopic (exact) mass is 276 g/mol. The Labute approximate surface area is 118 Å². The first-order chi connectivity index (χ1) is 9.63. The van der Waals surface area contributed by atoms with Gasteiger partial charge in [-0.25, -0.2) is 4.98 Å². The Hall–Kier alpha value is -2.24. The fraction of sp³-hybridized carbons (Fsp3) is 0.429. The lowest BCUT2D eigenvalue weighted by Crippen LogP contribution is -2.25. The molecule has 0 saturated heterocycles. The summed E-state index contributed by atoms with van der Waals surface area (Å²) in [5, 5.41) is 2.79. The molecule has 0 saturated carbocycles. The summed E-state index contributed by atoms with van der Waals surface area (Å²) in [5.41, 5.74) is 6.90. The molecular weight excluding hydrogens is 256 g/mol. The van der Waals surface area contributed by atoms with Crippen molar-refractivity contribution in [3.05, 3.63) is 35.8 Å². The molecule has 2 heterocycles. The second kappa shape index (κ2) is 6.27. The number of carbonyl (C=O) groups excluding carboxylic acids is 1. The third-order valence-electron chi connectivity index (χ3n) is 2.96. The van der Waals surface area contributed by atoms with Crippen LogP contribution in [0.2, 0.25) is 0 Å². The minimum atomic E-state index is -0.175. The molecule has 2 aromatic heterocycles. The van der Waals surface area contributed by atoms with Crippen LogP contribution in [0, 0.1) is 0 Å². The number of nitrogens with two attached hydrogens (primary N) is 1. The number of anilines is 1. The maximum absolute atomic E-state index is 12.1. The van der Waals surface area contributed by atoms with Crippen LogP contribution in [-0.2, 0) is 19.5 Å². The molecule has 0 fully saturated rings. The molecule has 0 unspecified atom stereocenters. The quantitative estimate of drug-likeness (QED) is 0.844. The molecule has 20 heavy (non-hydrogen) atoms. The lowest BCUT2D eigenvalue weighted by Gasteiger charge is -2.07. The van der Waals surface area contributed by atoms with E-state index in [-0.39, 0.29) is 12.5 Å². The van der Waals surface area contributed by atoms with Crippen molar-refractivity contribution in [1.82, 2.24) is 14.9 Å². The Morgan fingerprint density at radius 2 is 2.30 bits per heavy atom. The van der Waals surface area contributed by atoms with Crippen molar-refractivity contribution in [3.63, 3.8) is 0 Å². The van der Waals surface area contributed by atoms with Gasteiger partial charge in [0.1, 0.15) is 11.5 Å². The van der Waals surface area contributed by atoms with Crippen LogP contribution in [-0.4, -0.2) is 15.5 Å². The Bertz CT molecular complexity index is 586. The first-order valence-electron chi connectivity index (χ1n) is 6.81. The van der Waals surface area contributed by atoms with E-state index in [0.29, 0.717) is 17.3 Å². The number of nitrogens with one attached hydrogen (secondary N) is 1. The highest BCUT2D eigenvalue weighted by Gasteiger charge is 2.13. The molecule has 0 aliphatic heterocycles. The highest BCUT2D eigenvalue weighted by atomic mass is 16.4. The number of hydrogen-bond donors (Lipinski definition) is 2. The molecule has 0 aromatic carbocycles. The average Bonchev–Trinajstić information content (AvgIpc) is 3.03. The number of rotatable bonds is 6. The maximum atomic E-state index is 12.1. The van der Waals surface area contributed by atoms with Crippen LogP contribution in [0.4, 0.5) is 5.69 Å². The van der Waals surface area contributed by atoms with Crippen LogP contribution in [0.5, 0.6) is 0 Å². The van der Waals surface area contributed by atoms with Crippen LogP contribution >= 0.6 is 0 Å². The zero-order valence-corrected chi connectivity index (χ0v) is 11.8. The number of oxazole rings is 1. The van der Waals surface area contributed by atoms with Crippen LogP contribution in [0.15, 0.2) is 22.9 Å². The van der Waals surface area contributed by atoms with Crippen molar-refractivity contribution in [2.24, 2.45) is 0 Å². The van der Waals surface area contributed by atoms with Crippen LogP contribution in [0.3, 0.4) is 0 Å². The van der Waals surface area contributed by atoms with E-state index in [1.807, 2.05) is 11.5 Å². The lowest BCUT2D eigenvalue weighted by atomic mass is 10.3. The minimum absolute atomic E-state index is 0.175. The molecule has 0 spiro atoms. The number of nitrogen functional groups attached to an aromatic ring is 1. The highest BCUT2D eigenvalue weighted by Crippen LogP contribution is 2.12. The summed E-state index contributed by atoms with van der Waals surface area (Å²) in [6.45, 7) is 5.08. The predicted molar refractivity (Wildman–Crippen MR) is 76.2 cm³/mol. The first kappa shape index (κ1) is 14.2. The highest BCUT2D eigenvalue weighted by molar-refractivity contribution is 5.93. The van der Waals surface area contributed by atoms with Crippen molar-refractivity contribution in [2.75, 3.05) is 5.73 Å². The van der Waals surface area contributed by atoms with Gasteiger partial charge < -0.3 is 20.0 Å².